The number of para-hydroxylation sites is 1. The zero-order valence-corrected chi connectivity index (χ0v) is 15.7. The molecule has 2 atom stereocenters. The zero-order chi connectivity index (χ0) is 18.9. The summed E-state index contributed by atoms with van der Waals surface area (Å²) in [4.78, 5) is 20.1. The lowest BCUT2D eigenvalue weighted by Crippen LogP contribution is -2.43. The average molecular weight is 373 g/mol. The molecule has 2 bridgehead atoms. The van der Waals surface area contributed by atoms with E-state index in [4.69, 9.17) is 4.98 Å². The van der Waals surface area contributed by atoms with Crippen molar-refractivity contribution >= 4 is 5.91 Å². The van der Waals surface area contributed by atoms with E-state index in [0.29, 0.717) is 5.82 Å². The van der Waals surface area contributed by atoms with Crippen LogP contribution in [0, 0.1) is 0 Å². The number of benzene rings is 2. The van der Waals surface area contributed by atoms with E-state index in [1.54, 1.807) is 4.68 Å². The number of carbonyl (C=O) groups excluding carboxylic acids is 1. The van der Waals surface area contributed by atoms with Crippen LogP contribution in [-0.2, 0) is 0 Å². The van der Waals surface area contributed by atoms with Crippen LogP contribution in [0.15, 0.2) is 60.7 Å². The summed E-state index contributed by atoms with van der Waals surface area (Å²) in [7, 11) is 0. The van der Waals surface area contributed by atoms with Crippen LogP contribution >= 0.6 is 0 Å². The van der Waals surface area contributed by atoms with Gasteiger partial charge < -0.3 is 10.2 Å². The molecule has 2 aliphatic rings. The van der Waals surface area contributed by atoms with Crippen LogP contribution in [0.1, 0.15) is 29.9 Å². The molecule has 5 rings (SSSR count). The van der Waals surface area contributed by atoms with Gasteiger partial charge in [0.05, 0.1) is 5.69 Å². The van der Waals surface area contributed by atoms with E-state index in [1.165, 1.54) is 0 Å². The molecule has 2 fully saturated rings. The summed E-state index contributed by atoms with van der Waals surface area (Å²) < 4.78 is 1.78. The van der Waals surface area contributed by atoms with Crippen LogP contribution in [0.4, 0.5) is 0 Å². The quantitative estimate of drug-likeness (QED) is 0.767. The van der Waals surface area contributed by atoms with Gasteiger partial charge in [-0.3, -0.25) is 4.79 Å². The minimum Gasteiger partial charge on any atom is -0.329 e. The molecule has 28 heavy (non-hydrogen) atoms. The number of amides is 1. The number of hydrogen-bond acceptors (Lipinski definition) is 4. The van der Waals surface area contributed by atoms with E-state index < -0.39 is 0 Å². The molecule has 0 saturated carbocycles. The first kappa shape index (κ1) is 17.1. The molecule has 2 unspecified atom stereocenters. The normalized spacial score (nSPS) is 21.5. The highest BCUT2D eigenvalue weighted by molar-refractivity contribution is 5.92. The maximum atomic E-state index is 13.4. The van der Waals surface area contributed by atoms with Gasteiger partial charge in [-0.25, -0.2) is 9.67 Å². The van der Waals surface area contributed by atoms with Crippen molar-refractivity contribution in [2.24, 2.45) is 0 Å². The second kappa shape index (κ2) is 7.20. The van der Waals surface area contributed by atoms with Gasteiger partial charge in [0, 0.05) is 24.2 Å². The van der Waals surface area contributed by atoms with Gasteiger partial charge in [0.2, 0.25) is 5.82 Å². The average Bonchev–Trinajstić information content (AvgIpc) is 3.29. The topological polar surface area (TPSA) is 63.1 Å². The molecule has 1 N–H and O–H groups in total. The van der Waals surface area contributed by atoms with E-state index in [9.17, 15) is 4.79 Å². The first-order valence-electron chi connectivity index (χ1n) is 9.92. The highest BCUT2D eigenvalue weighted by atomic mass is 16.2. The fourth-order valence-electron chi connectivity index (χ4n) is 4.36. The molecule has 3 aromatic rings. The van der Waals surface area contributed by atoms with Crippen LogP contribution in [0.5, 0.6) is 0 Å². The molecule has 1 aromatic heterocycles. The lowest BCUT2D eigenvalue weighted by atomic mass is 10.1. The second-order valence-electron chi connectivity index (χ2n) is 7.46. The highest BCUT2D eigenvalue weighted by Gasteiger charge is 2.40. The molecule has 6 nitrogen and oxygen atoms in total. The van der Waals surface area contributed by atoms with Crippen molar-refractivity contribution in [2.75, 3.05) is 13.1 Å². The molecular formula is C22H23N5O. The van der Waals surface area contributed by atoms with Crippen LogP contribution in [-0.4, -0.2) is 50.7 Å². The van der Waals surface area contributed by atoms with Gasteiger partial charge in [-0.05, 0) is 37.9 Å². The Morgan fingerprint density at radius 3 is 2.43 bits per heavy atom. The SMILES string of the molecule is O=C(c1nc(-c2ccccc2)n(-c2ccccc2)n1)N1C2CCNCC1CC2. The third kappa shape index (κ3) is 2.99. The standard InChI is InChI=1S/C22H23N5O/c28-22(26-17-11-12-19(26)15-23-14-13-17)20-24-21(16-7-3-1-4-8-16)27(25-20)18-9-5-2-6-10-18/h1-10,17,19,23H,11-15H2. The van der Waals surface area contributed by atoms with Gasteiger partial charge in [-0.15, -0.1) is 5.10 Å². The van der Waals surface area contributed by atoms with Crippen LogP contribution in [0.2, 0.25) is 0 Å². The molecule has 0 aliphatic carbocycles. The fraction of sp³-hybridized carbons (Fsp3) is 0.318. The zero-order valence-electron chi connectivity index (χ0n) is 15.7. The summed E-state index contributed by atoms with van der Waals surface area (Å²) in [6.45, 7) is 1.82. The minimum atomic E-state index is -0.0527. The highest BCUT2D eigenvalue weighted by Crippen LogP contribution is 2.30. The number of rotatable bonds is 3. The van der Waals surface area contributed by atoms with E-state index in [-0.39, 0.29) is 23.8 Å². The van der Waals surface area contributed by atoms with E-state index >= 15 is 0 Å². The number of fused-ring (bicyclic) bond motifs is 2. The van der Waals surface area contributed by atoms with Crippen LogP contribution < -0.4 is 5.32 Å². The van der Waals surface area contributed by atoms with Crippen LogP contribution in [0.25, 0.3) is 17.1 Å². The Balaban J connectivity index is 1.57. The lowest BCUT2D eigenvalue weighted by molar-refractivity contribution is 0.0667. The number of nitrogens with one attached hydrogen (secondary N) is 1. The molecule has 142 valence electrons. The molecule has 1 amide bonds. The summed E-state index contributed by atoms with van der Waals surface area (Å²) in [5, 5.41) is 8.10. The number of carbonyl (C=O) groups is 1. The summed E-state index contributed by atoms with van der Waals surface area (Å²) in [6, 6.07) is 20.3. The number of aromatic nitrogens is 3. The molecule has 2 saturated heterocycles. The predicted molar refractivity (Wildman–Crippen MR) is 107 cm³/mol. The Bertz CT molecular complexity index is 898. The lowest BCUT2D eigenvalue weighted by Gasteiger charge is -2.26. The third-order valence-corrected chi connectivity index (χ3v) is 5.72. The van der Waals surface area contributed by atoms with Gasteiger partial charge in [0.1, 0.15) is 0 Å². The third-order valence-electron chi connectivity index (χ3n) is 5.72. The largest absolute Gasteiger partial charge is 0.329 e. The van der Waals surface area contributed by atoms with E-state index in [0.717, 1.165) is 43.6 Å². The van der Waals surface area contributed by atoms with Crippen molar-refractivity contribution in [2.45, 2.75) is 31.3 Å². The van der Waals surface area contributed by atoms with Gasteiger partial charge in [-0.1, -0.05) is 48.5 Å². The van der Waals surface area contributed by atoms with E-state index in [2.05, 4.69) is 10.4 Å². The molecular weight excluding hydrogens is 350 g/mol. The second-order valence-corrected chi connectivity index (χ2v) is 7.46. The van der Waals surface area contributed by atoms with Gasteiger partial charge in [-0.2, -0.15) is 0 Å². The van der Waals surface area contributed by atoms with Crippen molar-refractivity contribution in [3.63, 3.8) is 0 Å². The first-order valence-corrected chi connectivity index (χ1v) is 9.92. The van der Waals surface area contributed by atoms with Crippen molar-refractivity contribution in [1.29, 1.82) is 0 Å². The molecule has 0 spiro atoms. The van der Waals surface area contributed by atoms with Crippen molar-refractivity contribution in [3.8, 4) is 17.1 Å². The number of nitrogens with zero attached hydrogens (tertiary/aromatic N) is 4. The van der Waals surface area contributed by atoms with Gasteiger partial charge >= 0.3 is 0 Å². The Labute approximate surface area is 164 Å². The fourth-order valence-corrected chi connectivity index (χ4v) is 4.36. The summed E-state index contributed by atoms with van der Waals surface area (Å²) in [5.41, 5.74) is 1.84. The Hall–Kier alpha value is -2.99. The molecule has 2 aliphatic heterocycles. The predicted octanol–water partition coefficient (Wildman–Crippen LogP) is 2.90. The summed E-state index contributed by atoms with van der Waals surface area (Å²) >= 11 is 0. The van der Waals surface area contributed by atoms with Crippen molar-refractivity contribution in [3.05, 3.63) is 66.5 Å². The molecule has 6 heteroatoms. The smallest absolute Gasteiger partial charge is 0.294 e. The Kier molecular flexibility index (Phi) is 4.41. The molecule has 2 aromatic carbocycles. The van der Waals surface area contributed by atoms with E-state index in [1.807, 2.05) is 65.6 Å². The Morgan fingerprint density at radius 1 is 0.929 bits per heavy atom. The Morgan fingerprint density at radius 2 is 1.64 bits per heavy atom. The molecule has 3 heterocycles. The van der Waals surface area contributed by atoms with Crippen LogP contribution in [0.3, 0.4) is 0 Å². The van der Waals surface area contributed by atoms with Crippen molar-refractivity contribution in [1.82, 2.24) is 25.0 Å². The van der Waals surface area contributed by atoms with Gasteiger partial charge in [0.25, 0.3) is 5.91 Å². The maximum Gasteiger partial charge on any atom is 0.294 e. The summed E-state index contributed by atoms with van der Waals surface area (Å²) in [6.07, 6.45) is 3.12. The summed E-state index contributed by atoms with van der Waals surface area (Å²) in [5.74, 6) is 0.917. The maximum absolute atomic E-state index is 13.4. The molecule has 0 radical (unpaired) electrons. The minimum absolute atomic E-state index is 0.0527. The monoisotopic (exact) mass is 373 g/mol. The van der Waals surface area contributed by atoms with Crippen molar-refractivity contribution < 1.29 is 4.79 Å². The van der Waals surface area contributed by atoms with Gasteiger partial charge in [0.15, 0.2) is 5.82 Å². The number of hydrogen-bond donors (Lipinski definition) is 1. The first-order chi connectivity index (χ1) is 13.8.